The van der Waals surface area contributed by atoms with Gasteiger partial charge in [0.15, 0.2) is 11.5 Å². The highest BCUT2D eigenvalue weighted by molar-refractivity contribution is 5.97. The third kappa shape index (κ3) is 2.73. The number of ether oxygens (including phenoxy) is 2. The lowest BCUT2D eigenvalue weighted by atomic mass is 9.92. The standard InChI is InChI=1S/C17H20N2O4/c20-16-8-11(10-19(16)13-2-1-3-13)17(21)18-12-4-5-14-15(9-12)23-7-6-22-14/h4-5,9,11,13H,1-3,6-8,10H2,(H,18,21). The molecule has 2 fully saturated rings. The maximum Gasteiger partial charge on any atom is 0.229 e. The van der Waals surface area contributed by atoms with Crippen molar-refractivity contribution >= 4 is 17.5 Å². The number of carbonyl (C=O) groups is 2. The molecule has 6 heteroatoms. The van der Waals surface area contributed by atoms with E-state index in [1.54, 1.807) is 18.2 Å². The minimum Gasteiger partial charge on any atom is -0.486 e. The van der Waals surface area contributed by atoms with E-state index in [4.69, 9.17) is 9.47 Å². The minimum absolute atomic E-state index is 0.100. The molecule has 1 atom stereocenters. The van der Waals surface area contributed by atoms with E-state index in [0.717, 1.165) is 12.8 Å². The zero-order chi connectivity index (χ0) is 15.8. The molecule has 3 aliphatic rings. The number of benzene rings is 1. The summed E-state index contributed by atoms with van der Waals surface area (Å²) < 4.78 is 11.0. The largest absolute Gasteiger partial charge is 0.486 e. The number of hydrogen-bond donors (Lipinski definition) is 1. The van der Waals surface area contributed by atoms with Crippen LogP contribution in [0.2, 0.25) is 0 Å². The number of amides is 2. The molecule has 1 saturated heterocycles. The zero-order valence-electron chi connectivity index (χ0n) is 12.9. The number of nitrogens with zero attached hydrogens (tertiary/aromatic N) is 1. The highest BCUT2D eigenvalue weighted by atomic mass is 16.6. The molecule has 1 N–H and O–H groups in total. The first kappa shape index (κ1) is 14.4. The summed E-state index contributed by atoms with van der Waals surface area (Å²) in [5.41, 5.74) is 0.675. The fourth-order valence-corrected chi connectivity index (χ4v) is 3.32. The number of hydrogen-bond acceptors (Lipinski definition) is 4. The summed E-state index contributed by atoms with van der Waals surface area (Å²) >= 11 is 0. The van der Waals surface area contributed by atoms with Gasteiger partial charge in [0.2, 0.25) is 11.8 Å². The van der Waals surface area contributed by atoms with E-state index in [1.807, 2.05) is 4.90 Å². The molecule has 6 nitrogen and oxygen atoms in total. The van der Waals surface area contributed by atoms with Gasteiger partial charge in [-0.1, -0.05) is 0 Å². The monoisotopic (exact) mass is 316 g/mol. The Kier molecular flexibility index (Phi) is 3.59. The van der Waals surface area contributed by atoms with Crippen molar-refractivity contribution in [3.8, 4) is 11.5 Å². The number of rotatable bonds is 3. The molecule has 2 amide bonds. The Hall–Kier alpha value is -2.24. The Morgan fingerprint density at radius 2 is 1.96 bits per heavy atom. The molecule has 1 aromatic carbocycles. The number of anilines is 1. The summed E-state index contributed by atoms with van der Waals surface area (Å²) in [7, 11) is 0. The maximum atomic E-state index is 12.4. The lowest BCUT2D eigenvalue weighted by Crippen LogP contribution is -2.41. The van der Waals surface area contributed by atoms with Crippen molar-refractivity contribution in [3.63, 3.8) is 0 Å². The Bertz CT molecular complexity index is 641. The third-order valence-corrected chi connectivity index (χ3v) is 4.85. The Morgan fingerprint density at radius 3 is 2.70 bits per heavy atom. The average Bonchev–Trinajstić information content (AvgIpc) is 2.87. The van der Waals surface area contributed by atoms with Crippen LogP contribution in [0.4, 0.5) is 5.69 Å². The van der Waals surface area contributed by atoms with E-state index >= 15 is 0 Å². The summed E-state index contributed by atoms with van der Waals surface area (Å²) in [6.07, 6.45) is 3.64. The van der Waals surface area contributed by atoms with Gasteiger partial charge in [0, 0.05) is 30.8 Å². The summed E-state index contributed by atoms with van der Waals surface area (Å²) in [5.74, 6) is 1.08. The molecule has 2 heterocycles. The average molecular weight is 316 g/mol. The van der Waals surface area contributed by atoms with Crippen LogP contribution in [0.3, 0.4) is 0 Å². The van der Waals surface area contributed by atoms with E-state index in [2.05, 4.69) is 5.32 Å². The van der Waals surface area contributed by atoms with Crippen molar-refractivity contribution in [2.45, 2.75) is 31.7 Å². The van der Waals surface area contributed by atoms with Crippen LogP contribution in [-0.4, -0.2) is 42.5 Å². The first-order chi connectivity index (χ1) is 11.2. The van der Waals surface area contributed by atoms with Gasteiger partial charge >= 0.3 is 0 Å². The van der Waals surface area contributed by atoms with Gasteiger partial charge in [0.05, 0.1) is 5.92 Å². The second-order valence-electron chi connectivity index (χ2n) is 6.38. The molecule has 0 spiro atoms. The van der Waals surface area contributed by atoms with Gasteiger partial charge in [-0.15, -0.1) is 0 Å². The molecule has 23 heavy (non-hydrogen) atoms. The number of likely N-dealkylation sites (tertiary alicyclic amines) is 1. The van der Waals surface area contributed by atoms with Gasteiger partial charge in [-0.3, -0.25) is 9.59 Å². The van der Waals surface area contributed by atoms with Crippen molar-refractivity contribution < 1.29 is 19.1 Å². The van der Waals surface area contributed by atoms with Gasteiger partial charge in [-0.25, -0.2) is 0 Å². The molecule has 2 aliphatic heterocycles. The normalized spacial score (nSPS) is 23.6. The first-order valence-electron chi connectivity index (χ1n) is 8.21. The molecule has 4 rings (SSSR count). The van der Waals surface area contributed by atoms with Gasteiger partial charge in [-0.05, 0) is 31.4 Å². The number of carbonyl (C=O) groups excluding carboxylic acids is 2. The Balaban J connectivity index is 1.41. The SMILES string of the molecule is O=C(Nc1ccc2c(c1)OCCO2)C1CC(=O)N(C2CCC2)C1. The van der Waals surface area contributed by atoms with E-state index in [9.17, 15) is 9.59 Å². The van der Waals surface area contributed by atoms with Crippen molar-refractivity contribution in [1.29, 1.82) is 0 Å². The quantitative estimate of drug-likeness (QED) is 0.923. The van der Waals surface area contributed by atoms with Crippen LogP contribution in [0.1, 0.15) is 25.7 Å². The van der Waals surface area contributed by atoms with Crippen LogP contribution in [0.5, 0.6) is 11.5 Å². The van der Waals surface area contributed by atoms with Gasteiger partial charge in [-0.2, -0.15) is 0 Å². The molecule has 0 bridgehead atoms. The molecule has 1 aromatic rings. The van der Waals surface area contributed by atoms with Crippen LogP contribution in [-0.2, 0) is 9.59 Å². The molecular formula is C17H20N2O4. The summed E-state index contributed by atoms with van der Waals surface area (Å²) in [5, 5.41) is 2.90. The van der Waals surface area contributed by atoms with Crippen LogP contribution >= 0.6 is 0 Å². The van der Waals surface area contributed by atoms with Crippen LogP contribution in [0, 0.1) is 5.92 Å². The van der Waals surface area contributed by atoms with Crippen molar-refractivity contribution in [3.05, 3.63) is 18.2 Å². The topological polar surface area (TPSA) is 67.9 Å². The molecule has 1 saturated carbocycles. The first-order valence-corrected chi connectivity index (χ1v) is 8.21. The molecule has 0 aromatic heterocycles. The fraction of sp³-hybridized carbons (Fsp3) is 0.529. The molecule has 0 radical (unpaired) electrons. The second-order valence-corrected chi connectivity index (χ2v) is 6.38. The van der Waals surface area contributed by atoms with Gasteiger partial charge in [0.1, 0.15) is 13.2 Å². The van der Waals surface area contributed by atoms with E-state index in [1.165, 1.54) is 6.42 Å². The molecule has 122 valence electrons. The third-order valence-electron chi connectivity index (χ3n) is 4.85. The fourth-order valence-electron chi connectivity index (χ4n) is 3.32. The lowest BCUT2D eigenvalue weighted by Gasteiger charge is -2.34. The van der Waals surface area contributed by atoms with E-state index in [-0.39, 0.29) is 17.7 Å². The Morgan fingerprint density at radius 1 is 1.17 bits per heavy atom. The zero-order valence-corrected chi connectivity index (χ0v) is 12.9. The predicted octanol–water partition coefficient (Wildman–Crippen LogP) is 1.80. The molecule has 1 unspecified atom stereocenters. The summed E-state index contributed by atoms with van der Waals surface area (Å²) in [6.45, 7) is 1.59. The highest BCUT2D eigenvalue weighted by Gasteiger charge is 2.39. The lowest BCUT2D eigenvalue weighted by molar-refractivity contribution is -0.131. The van der Waals surface area contributed by atoms with Crippen LogP contribution in [0.25, 0.3) is 0 Å². The highest BCUT2D eigenvalue weighted by Crippen LogP contribution is 2.34. The van der Waals surface area contributed by atoms with Crippen LogP contribution in [0.15, 0.2) is 18.2 Å². The number of fused-ring (bicyclic) bond motifs is 1. The van der Waals surface area contributed by atoms with Crippen molar-refractivity contribution in [2.24, 2.45) is 5.92 Å². The second kappa shape index (κ2) is 5.76. The summed E-state index contributed by atoms with van der Waals surface area (Å²) in [6, 6.07) is 5.72. The van der Waals surface area contributed by atoms with Crippen LogP contribution < -0.4 is 14.8 Å². The van der Waals surface area contributed by atoms with E-state index < -0.39 is 0 Å². The van der Waals surface area contributed by atoms with Crippen molar-refractivity contribution in [1.82, 2.24) is 4.90 Å². The predicted molar refractivity (Wildman–Crippen MR) is 83.5 cm³/mol. The molecule has 1 aliphatic carbocycles. The van der Waals surface area contributed by atoms with E-state index in [0.29, 0.717) is 49.4 Å². The van der Waals surface area contributed by atoms with Gasteiger partial charge < -0.3 is 19.7 Å². The summed E-state index contributed by atoms with van der Waals surface area (Å²) in [4.78, 5) is 26.4. The maximum absolute atomic E-state index is 12.4. The molecular weight excluding hydrogens is 296 g/mol. The van der Waals surface area contributed by atoms with Crippen molar-refractivity contribution in [2.75, 3.05) is 25.1 Å². The Labute approximate surface area is 134 Å². The van der Waals surface area contributed by atoms with Gasteiger partial charge in [0.25, 0.3) is 0 Å². The number of nitrogens with one attached hydrogen (secondary N) is 1. The smallest absolute Gasteiger partial charge is 0.229 e. The minimum atomic E-state index is -0.267.